The van der Waals surface area contributed by atoms with Crippen LogP contribution in [0.25, 0.3) is 0 Å². The number of esters is 1. The highest BCUT2D eigenvalue weighted by atomic mass is 16.5. The third-order valence-electron chi connectivity index (χ3n) is 3.93. The Morgan fingerprint density at radius 2 is 2.15 bits per heavy atom. The van der Waals surface area contributed by atoms with Crippen LogP contribution < -0.4 is 5.32 Å². The van der Waals surface area contributed by atoms with Crippen molar-refractivity contribution < 1.29 is 9.53 Å². The number of hydrogen-bond donors (Lipinski definition) is 1. The molecule has 0 spiro atoms. The number of hydrogen-bond acceptors (Lipinski definition) is 4. The molecule has 1 N–H and O–H groups in total. The Balaban J connectivity index is 2.42. The third kappa shape index (κ3) is 6.23. The fourth-order valence-electron chi connectivity index (χ4n) is 2.91. The van der Waals surface area contributed by atoms with Crippen LogP contribution in [0.5, 0.6) is 0 Å². The molecule has 20 heavy (non-hydrogen) atoms. The second-order valence-electron chi connectivity index (χ2n) is 6.59. The molecular formula is C16H32N2O2. The lowest BCUT2D eigenvalue weighted by Crippen LogP contribution is -2.45. The molecule has 1 unspecified atom stereocenters. The van der Waals surface area contributed by atoms with Gasteiger partial charge in [-0.25, -0.2) is 0 Å². The second kappa shape index (κ2) is 8.63. The zero-order chi connectivity index (χ0) is 15.0. The van der Waals surface area contributed by atoms with Crippen LogP contribution in [0.1, 0.15) is 53.4 Å². The summed E-state index contributed by atoms with van der Waals surface area (Å²) in [4.78, 5) is 14.4. The molecule has 4 heteroatoms. The van der Waals surface area contributed by atoms with Crippen LogP contribution >= 0.6 is 0 Å². The van der Waals surface area contributed by atoms with E-state index < -0.39 is 0 Å². The van der Waals surface area contributed by atoms with Crippen LogP contribution in [0.15, 0.2) is 0 Å². The average Bonchev–Trinajstić information content (AvgIpc) is 2.38. The molecule has 0 bridgehead atoms. The molecule has 0 saturated carbocycles. The van der Waals surface area contributed by atoms with E-state index in [4.69, 9.17) is 4.74 Å². The molecule has 0 aromatic heterocycles. The van der Waals surface area contributed by atoms with Crippen molar-refractivity contribution in [3.63, 3.8) is 0 Å². The summed E-state index contributed by atoms with van der Waals surface area (Å²) >= 11 is 0. The zero-order valence-electron chi connectivity index (χ0n) is 13.7. The first-order valence-corrected chi connectivity index (χ1v) is 8.11. The number of rotatable bonds is 8. The predicted molar refractivity (Wildman–Crippen MR) is 82.8 cm³/mol. The highest BCUT2D eigenvalue weighted by Crippen LogP contribution is 2.28. The van der Waals surface area contributed by atoms with Crippen LogP contribution in [-0.4, -0.2) is 49.7 Å². The zero-order valence-corrected chi connectivity index (χ0v) is 13.7. The average molecular weight is 284 g/mol. The van der Waals surface area contributed by atoms with Crippen molar-refractivity contribution in [2.24, 2.45) is 5.41 Å². The molecule has 118 valence electrons. The largest absolute Gasteiger partial charge is 0.465 e. The fraction of sp³-hybridized carbons (Fsp3) is 0.938. The lowest BCUT2D eigenvalue weighted by atomic mass is 9.84. The third-order valence-corrected chi connectivity index (χ3v) is 3.93. The summed E-state index contributed by atoms with van der Waals surface area (Å²) in [6.07, 6.45) is 4.44. The van der Waals surface area contributed by atoms with E-state index in [1.54, 1.807) is 0 Å². The summed E-state index contributed by atoms with van der Waals surface area (Å²) in [5.41, 5.74) is 0.411. The lowest BCUT2D eigenvalue weighted by molar-refractivity contribution is -0.146. The number of carbonyl (C=O) groups is 1. The highest BCUT2D eigenvalue weighted by molar-refractivity contribution is 5.75. The molecule has 4 nitrogen and oxygen atoms in total. The number of nitrogens with zero attached hydrogens (tertiary/aromatic N) is 1. The molecule has 1 saturated heterocycles. The minimum absolute atomic E-state index is 0.0998. The number of nitrogens with one attached hydrogen (secondary N) is 1. The molecule has 0 aromatic carbocycles. The number of carbonyl (C=O) groups excluding carboxylic acids is 1. The van der Waals surface area contributed by atoms with Gasteiger partial charge in [0.1, 0.15) is 6.04 Å². The Bertz CT molecular complexity index is 292. The van der Waals surface area contributed by atoms with E-state index in [1.807, 2.05) is 6.92 Å². The topological polar surface area (TPSA) is 41.6 Å². The predicted octanol–water partition coefficient (Wildman–Crippen LogP) is 2.43. The Hall–Kier alpha value is -0.610. The van der Waals surface area contributed by atoms with Gasteiger partial charge >= 0.3 is 5.97 Å². The Morgan fingerprint density at radius 3 is 2.75 bits per heavy atom. The number of likely N-dealkylation sites (tertiary alicyclic amines) is 1. The molecule has 1 heterocycles. The molecule has 1 fully saturated rings. The van der Waals surface area contributed by atoms with E-state index >= 15 is 0 Å². The maximum absolute atomic E-state index is 11.9. The molecule has 1 aliphatic heterocycles. The van der Waals surface area contributed by atoms with Crippen molar-refractivity contribution in [3.8, 4) is 0 Å². The number of ether oxygens (including phenoxy) is 1. The minimum Gasteiger partial charge on any atom is -0.465 e. The number of piperidine rings is 1. The van der Waals surface area contributed by atoms with Crippen molar-refractivity contribution in [2.45, 2.75) is 59.4 Å². The van der Waals surface area contributed by atoms with Crippen LogP contribution in [0.4, 0.5) is 0 Å². The molecule has 0 amide bonds. The van der Waals surface area contributed by atoms with Gasteiger partial charge < -0.3 is 15.0 Å². The molecule has 1 aliphatic rings. The van der Waals surface area contributed by atoms with Crippen molar-refractivity contribution in [1.29, 1.82) is 0 Å². The molecule has 0 radical (unpaired) electrons. The van der Waals surface area contributed by atoms with Crippen LogP contribution in [-0.2, 0) is 9.53 Å². The minimum atomic E-state index is -0.153. The van der Waals surface area contributed by atoms with Gasteiger partial charge in [0.25, 0.3) is 0 Å². The van der Waals surface area contributed by atoms with Gasteiger partial charge in [-0.1, -0.05) is 20.8 Å². The lowest BCUT2D eigenvalue weighted by Gasteiger charge is -2.38. The van der Waals surface area contributed by atoms with Crippen molar-refractivity contribution in [1.82, 2.24) is 10.2 Å². The van der Waals surface area contributed by atoms with E-state index in [0.717, 1.165) is 39.0 Å². The first-order valence-electron chi connectivity index (χ1n) is 8.11. The maximum atomic E-state index is 11.9. The Morgan fingerprint density at radius 1 is 1.40 bits per heavy atom. The van der Waals surface area contributed by atoms with Crippen LogP contribution in [0, 0.1) is 5.41 Å². The first-order chi connectivity index (χ1) is 9.48. The monoisotopic (exact) mass is 284 g/mol. The summed E-state index contributed by atoms with van der Waals surface area (Å²) in [6, 6.07) is -0.153. The van der Waals surface area contributed by atoms with E-state index in [9.17, 15) is 4.79 Å². The van der Waals surface area contributed by atoms with Gasteiger partial charge in [0, 0.05) is 13.1 Å². The molecular weight excluding hydrogens is 252 g/mol. The standard InChI is InChI=1S/C16H32N2O2/c1-5-10-17-14(15(19)20-6-2)8-12-18-11-7-9-16(3,4)13-18/h14,17H,5-13H2,1-4H3. The van der Waals surface area contributed by atoms with Crippen molar-refractivity contribution in [3.05, 3.63) is 0 Å². The van der Waals surface area contributed by atoms with Crippen molar-refractivity contribution in [2.75, 3.05) is 32.8 Å². The fourth-order valence-corrected chi connectivity index (χ4v) is 2.91. The van der Waals surface area contributed by atoms with Gasteiger partial charge in [-0.05, 0) is 51.1 Å². The SMILES string of the molecule is CCCNC(CCN1CCCC(C)(C)C1)C(=O)OCC. The highest BCUT2D eigenvalue weighted by Gasteiger charge is 2.27. The summed E-state index contributed by atoms with van der Waals surface area (Å²) in [5, 5.41) is 3.31. The molecule has 1 rings (SSSR count). The Labute approximate surface area is 124 Å². The van der Waals surface area contributed by atoms with Gasteiger partial charge in [0.15, 0.2) is 0 Å². The van der Waals surface area contributed by atoms with E-state index in [0.29, 0.717) is 12.0 Å². The smallest absolute Gasteiger partial charge is 0.323 e. The van der Waals surface area contributed by atoms with E-state index in [2.05, 4.69) is 31.0 Å². The van der Waals surface area contributed by atoms with E-state index in [1.165, 1.54) is 12.8 Å². The van der Waals surface area contributed by atoms with Crippen LogP contribution in [0.2, 0.25) is 0 Å². The summed E-state index contributed by atoms with van der Waals surface area (Å²) < 4.78 is 5.16. The van der Waals surface area contributed by atoms with Crippen LogP contribution in [0.3, 0.4) is 0 Å². The van der Waals surface area contributed by atoms with Gasteiger partial charge in [-0.2, -0.15) is 0 Å². The first kappa shape index (κ1) is 17.4. The van der Waals surface area contributed by atoms with Gasteiger partial charge in [-0.3, -0.25) is 4.79 Å². The summed E-state index contributed by atoms with van der Waals surface area (Å²) in [7, 11) is 0. The summed E-state index contributed by atoms with van der Waals surface area (Å²) in [6.45, 7) is 13.2. The quantitative estimate of drug-likeness (QED) is 0.695. The summed E-state index contributed by atoms with van der Waals surface area (Å²) in [5.74, 6) is -0.0998. The Kier molecular flexibility index (Phi) is 7.52. The van der Waals surface area contributed by atoms with Gasteiger partial charge in [0.05, 0.1) is 6.61 Å². The van der Waals surface area contributed by atoms with Gasteiger partial charge in [0.2, 0.25) is 0 Å². The molecule has 0 aromatic rings. The van der Waals surface area contributed by atoms with Gasteiger partial charge in [-0.15, -0.1) is 0 Å². The molecule has 1 atom stereocenters. The normalized spacial score (nSPS) is 20.6. The van der Waals surface area contributed by atoms with E-state index in [-0.39, 0.29) is 12.0 Å². The van der Waals surface area contributed by atoms with Crippen molar-refractivity contribution >= 4 is 5.97 Å². The second-order valence-corrected chi connectivity index (χ2v) is 6.59. The maximum Gasteiger partial charge on any atom is 0.323 e. The molecule has 0 aliphatic carbocycles.